The molecule has 41 heavy (non-hydrogen) atoms. The Hall–Kier alpha value is 1.81. The fourth-order valence-electron chi connectivity index (χ4n) is 5.63. The minimum absolute atomic E-state index is 0. The number of halogens is 4. The second kappa shape index (κ2) is 24.1. The van der Waals surface area contributed by atoms with Gasteiger partial charge in [0.1, 0.15) is 0 Å². The standard InChI is InChI=1S/2C12H18P.C8H12.BF4.Fe.Ir/c2*1-3-10-9-11(4-2)13(10)12-7-5-6-8-12;1-2-4-6-8-7-5-3-1;2-1(3,4)5;;/h2*5-8,10-11H,3-4,9H2,1-2H3;1-2,7-8H,3-6H2;;;/q;;;-1;+2;/t2*10-,11-;;;;/m11..../s1. The number of rotatable bonds is 6. The molecule has 4 atom stereocenters. The topological polar surface area (TPSA) is 0 Å². The molecule has 0 nitrogen and oxygen atoms in total. The molecule has 0 amide bonds. The van der Waals surface area contributed by atoms with Crippen molar-refractivity contribution in [1.82, 2.24) is 0 Å². The summed E-state index contributed by atoms with van der Waals surface area (Å²) < 4.78 is 39.0. The van der Waals surface area contributed by atoms with Gasteiger partial charge < -0.3 is 17.3 Å². The second-order valence-corrected chi connectivity index (χ2v) is 16.0. The largest absolute Gasteiger partial charge is 2.00 e. The Morgan fingerprint density at radius 3 is 0.976 bits per heavy atom. The van der Waals surface area contributed by atoms with E-state index in [1.807, 2.05) is 0 Å². The van der Waals surface area contributed by atoms with Gasteiger partial charge >= 0.3 is 24.3 Å². The first-order valence-electron chi connectivity index (χ1n) is 14.9. The van der Waals surface area contributed by atoms with Crippen LogP contribution in [-0.2, 0) is 37.2 Å². The Bertz CT molecular complexity index is 533. The normalized spacial score (nSPS) is 29.3. The summed E-state index contributed by atoms with van der Waals surface area (Å²) in [5.74, 6) is 0. The molecule has 2 aliphatic heterocycles. The summed E-state index contributed by atoms with van der Waals surface area (Å²) in [4.78, 5) is 0. The molecule has 0 aromatic carbocycles. The van der Waals surface area contributed by atoms with Crippen molar-refractivity contribution in [2.24, 2.45) is 0 Å². The molecule has 5 aliphatic rings. The molecular weight excluding hydrogens is 781 g/mol. The third kappa shape index (κ3) is 16.3. The van der Waals surface area contributed by atoms with Crippen molar-refractivity contribution < 1.29 is 54.4 Å². The van der Waals surface area contributed by atoms with Gasteiger partial charge in [0.2, 0.25) is 0 Å². The maximum atomic E-state index is 9.75. The molecule has 2 saturated heterocycles. The fraction of sp³-hybridized carbons (Fsp3) is 0.562. The van der Waals surface area contributed by atoms with Crippen LogP contribution in [0.2, 0.25) is 0 Å². The van der Waals surface area contributed by atoms with E-state index in [1.165, 1.54) is 64.2 Å². The number of hydrogen-bond acceptors (Lipinski definition) is 0. The quantitative estimate of drug-likeness (QED) is 0.142. The van der Waals surface area contributed by atoms with Gasteiger partial charge in [-0.3, -0.25) is 0 Å². The van der Waals surface area contributed by atoms with Gasteiger partial charge in [0, 0.05) is 31.4 Å². The van der Waals surface area contributed by atoms with Crippen LogP contribution in [-0.4, -0.2) is 29.9 Å². The summed E-state index contributed by atoms with van der Waals surface area (Å²) in [5.41, 5.74) is 7.43. The van der Waals surface area contributed by atoms with Crippen LogP contribution >= 0.6 is 15.8 Å². The summed E-state index contributed by atoms with van der Waals surface area (Å²) in [6.45, 7) is 9.37. The van der Waals surface area contributed by atoms with Gasteiger partial charge in [-0.15, -0.1) is 0 Å². The second-order valence-electron chi connectivity index (χ2n) is 10.4. The Morgan fingerprint density at radius 1 is 0.561 bits per heavy atom. The van der Waals surface area contributed by atoms with Crippen LogP contribution in [0, 0.1) is 88.4 Å². The maximum Gasteiger partial charge on any atom is 2.00 e. The molecule has 0 bridgehead atoms. The summed E-state index contributed by atoms with van der Waals surface area (Å²) >= 11 is 0. The van der Waals surface area contributed by atoms with Crippen molar-refractivity contribution in [3.05, 3.63) is 88.4 Å². The van der Waals surface area contributed by atoms with Gasteiger partial charge in [-0.05, 0) is 164 Å². The zero-order valence-corrected chi connectivity index (χ0v) is 30.3. The molecule has 0 aromatic heterocycles. The van der Waals surface area contributed by atoms with Crippen LogP contribution in [0.15, 0.2) is 0 Å². The van der Waals surface area contributed by atoms with Crippen LogP contribution in [0.1, 0.15) is 91.9 Å². The van der Waals surface area contributed by atoms with E-state index in [2.05, 4.69) is 105 Å². The van der Waals surface area contributed by atoms with E-state index in [-0.39, 0.29) is 53.0 Å². The van der Waals surface area contributed by atoms with E-state index < -0.39 is 7.25 Å². The first-order valence-corrected chi connectivity index (χ1v) is 17.9. The molecule has 0 spiro atoms. The van der Waals surface area contributed by atoms with Crippen LogP contribution < -0.4 is 0 Å². The van der Waals surface area contributed by atoms with E-state index in [9.17, 15) is 17.3 Å². The summed E-state index contributed by atoms with van der Waals surface area (Å²) in [6.07, 6.45) is 40.6. The van der Waals surface area contributed by atoms with Crippen molar-refractivity contribution in [3.8, 4) is 0 Å². The van der Waals surface area contributed by atoms with Gasteiger partial charge in [0.05, 0.1) is 0 Å². The summed E-state index contributed by atoms with van der Waals surface area (Å²) in [7, 11) is -5.57. The third-order valence-electron chi connectivity index (χ3n) is 7.77. The van der Waals surface area contributed by atoms with Crippen molar-refractivity contribution in [3.63, 3.8) is 0 Å². The zero-order chi connectivity index (χ0) is 28.7. The van der Waals surface area contributed by atoms with Gasteiger partial charge in [-0.2, -0.15) is 0 Å². The Labute approximate surface area is 279 Å². The van der Waals surface area contributed by atoms with Crippen molar-refractivity contribution in [1.29, 1.82) is 0 Å². The van der Waals surface area contributed by atoms with Gasteiger partial charge in [0.15, 0.2) is 0 Å². The summed E-state index contributed by atoms with van der Waals surface area (Å²) in [6, 6.07) is 0. The molecule has 0 aromatic rings. The average molecular weight is 830 g/mol. The molecule has 15 radical (unpaired) electrons. The first-order chi connectivity index (χ1) is 18.7. The monoisotopic (exact) mass is 830 g/mol. The molecule has 3 aliphatic carbocycles. The Morgan fingerprint density at radius 2 is 0.780 bits per heavy atom. The van der Waals surface area contributed by atoms with Gasteiger partial charge in [0.25, 0.3) is 0 Å². The molecule has 9 heteroatoms. The van der Waals surface area contributed by atoms with E-state index in [1.54, 1.807) is 11.3 Å². The molecule has 3 saturated carbocycles. The van der Waals surface area contributed by atoms with Crippen LogP contribution in [0.25, 0.3) is 0 Å². The van der Waals surface area contributed by atoms with E-state index in [0.29, 0.717) is 0 Å². The molecular formula is C32H48BF4FeIrP2+. The molecule has 5 rings (SSSR count). The van der Waals surface area contributed by atoms with Gasteiger partial charge in [-0.1, -0.05) is 43.5 Å². The van der Waals surface area contributed by atoms with Crippen LogP contribution in [0.4, 0.5) is 17.3 Å². The molecule has 0 N–H and O–H groups in total. The zero-order valence-electron chi connectivity index (χ0n) is 25.0. The predicted octanol–water partition coefficient (Wildman–Crippen LogP) is 11.3. The van der Waals surface area contributed by atoms with Crippen LogP contribution in [0.3, 0.4) is 0 Å². The van der Waals surface area contributed by atoms with Crippen molar-refractivity contribution >= 4 is 23.1 Å². The maximum absolute atomic E-state index is 9.75. The van der Waals surface area contributed by atoms with Crippen molar-refractivity contribution in [2.45, 2.75) is 115 Å². The smallest absolute Gasteiger partial charge is 0.418 e. The SMILES string of the molecule is CC[C@@H]1C[C@@H](CC)P1[C]1[CH][CH][CH][CH]1.CC[C@@H]1C[C@@H](CC)P1[C]1[CH][CH][CH][CH]1.F[B-](F)(F)F.[CH]1[CH]CC[CH][CH]CC1.[Fe+2].[Ir]. The fourth-order valence-corrected chi connectivity index (χ4v) is 12.3. The van der Waals surface area contributed by atoms with E-state index in [4.69, 9.17) is 0 Å². The summed E-state index contributed by atoms with van der Waals surface area (Å²) in [5, 5.41) is 0. The molecule has 2 heterocycles. The molecule has 233 valence electrons. The third-order valence-corrected chi connectivity index (χ3v) is 15.0. The average Bonchev–Trinajstić information content (AvgIpc) is 3.53. The minimum Gasteiger partial charge on any atom is -0.418 e. The van der Waals surface area contributed by atoms with E-state index in [0.717, 1.165) is 22.6 Å². The molecule has 0 unspecified atom stereocenters. The molecule has 5 fully saturated rings. The minimum atomic E-state index is -6.00. The van der Waals surface area contributed by atoms with Gasteiger partial charge in [-0.25, -0.2) is 0 Å². The Balaban J connectivity index is 0.000000541. The Kier molecular flexibility index (Phi) is 25.1. The van der Waals surface area contributed by atoms with Crippen molar-refractivity contribution in [2.75, 3.05) is 0 Å². The first kappa shape index (κ1) is 42.8. The number of hydrogen-bond donors (Lipinski definition) is 0. The predicted molar refractivity (Wildman–Crippen MR) is 166 cm³/mol. The van der Waals surface area contributed by atoms with E-state index >= 15 is 0 Å². The van der Waals surface area contributed by atoms with Crippen LogP contribution in [0.5, 0.6) is 0 Å².